The molecule has 0 aliphatic heterocycles. The fourth-order valence-corrected chi connectivity index (χ4v) is 0.550. The minimum Gasteiger partial charge on any atom is -0.392 e. The molecule has 12 heavy (non-hydrogen) atoms. The lowest BCUT2D eigenvalue weighted by Crippen LogP contribution is -2.42. The Hall–Kier alpha value is -0.595. The van der Waals surface area contributed by atoms with Crippen LogP contribution in [-0.2, 0) is 0 Å². The van der Waals surface area contributed by atoms with Gasteiger partial charge in [0.2, 0.25) is 5.67 Å². The first-order valence-corrected chi connectivity index (χ1v) is 3.72. The smallest absolute Gasteiger partial charge is 0.231 e. The quantitative estimate of drug-likeness (QED) is 0.560. The topological polar surface area (TPSA) is 56.0 Å². The summed E-state index contributed by atoms with van der Waals surface area (Å²) >= 11 is 0. The van der Waals surface area contributed by atoms with Crippen LogP contribution in [0.3, 0.4) is 0 Å². The summed E-state index contributed by atoms with van der Waals surface area (Å²) in [7, 11) is 5.25. The summed E-state index contributed by atoms with van der Waals surface area (Å²) < 4.78 is 13.0. The molecule has 0 aromatic heterocycles. The van der Waals surface area contributed by atoms with Crippen molar-refractivity contribution >= 4 is 7.85 Å². The number of alkyl halides is 1. The van der Waals surface area contributed by atoms with Crippen molar-refractivity contribution in [3.05, 3.63) is 0 Å². The van der Waals surface area contributed by atoms with Crippen molar-refractivity contribution in [3.8, 4) is 6.07 Å². The Morgan fingerprint density at radius 2 is 2.42 bits per heavy atom. The van der Waals surface area contributed by atoms with Crippen molar-refractivity contribution in [1.29, 1.82) is 5.26 Å². The molecule has 0 aromatic carbocycles. The van der Waals surface area contributed by atoms with Crippen LogP contribution in [0.15, 0.2) is 0 Å². The lowest BCUT2D eigenvalue weighted by Gasteiger charge is -2.18. The van der Waals surface area contributed by atoms with E-state index in [1.54, 1.807) is 6.92 Å². The third-order valence-corrected chi connectivity index (χ3v) is 1.54. The Balaban J connectivity index is 3.83. The van der Waals surface area contributed by atoms with E-state index in [9.17, 15) is 4.39 Å². The van der Waals surface area contributed by atoms with Gasteiger partial charge >= 0.3 is 0 Å². The molecule has 0 saturated carbocycles. The molecule has 0 heterocycles. The minimum absolute atomic E-state index is 0.0555. The van der Waals surface area contributed by atoms with Gasteiger partial charge in [-0.2, -0.15) is 5.26 Å². The van der Waals surface area contributed by atoms with Gasteiger partial charge in [-0.25, -0.2) is 4.39 Å². The van der Waals surface area contributed by atoms with E-state index >= 15 is 0 Å². The zero-order valence-corrected chi connectivity index (χ0v) is 7.05. The molecule has 2 N–H and O–H groups in total. The summed E-state index contributed by atoms with van der Waals surface area (Å²) in [6, 6.07) is 1.33. The second-order valence-corrected chi connectivity index (χ2v) is 2.75. The molecular formula is C7H12BFN2O. The first-order valence-electron chi connectivity index (χ1n) is 3.72. The van der Waals surface area contributed by atoms with E-state index < -0.39 is 12.3 Å². The molecule has 0 aromatic rings. The van der Waals surface area contributed by atoms with E-state index in [2.05, 4.69) is 5.32 Å². The lowest BCUT2D eigenvalue weighted by atomic mass is 9.98. The van der Waals surface area contributed by atoms with Crippen LogP contribution in [0.25, 0.3) is 0 Å². The second kappa shape index (κ2) is 5.12. The van der Waals surface area contributed by atoms with E-state index in [0.29, 0.717) is 6.32 Å². The monoisotopic (exact) mass is 170 g/mol. The number of nitrogens with one attached hydrogen (secondary N) is 1. The van der Waals surface area contributed by atoms with Gasteiger partial charge in [-0.15, -0.1) is 0 Å². The van der Waals surface area contributed by atoms with Gasteiger partial charge in [0.25, 0.3) is 0 Å². The Morgan fingerprint density at radius 3 is 2.75 bits per heavy atom. The molecule has 2 unspecified atom stereocenters. The number of halogens is 1. The molecule has 3 nitrogen and oxygen atoms in total. The molecule has 2 radical (unpaired) electrons. The Labute approximate surface area is 73.0 Å². The summed E-state index contributed by atoms with van der Waals surface area (Å²) in [5.74, 6) is 0. The predicted molar refractivity (Wildman–Crippen MR) is 44.6 cm³/mol. The number of aliphatic hydroxyl groups is 1. The molecular weight excluding hydrogens is 158 g/mol. The van der Waals surface area contributed by atoms with Crippen LogP contribution < -0.4 is 5.32 Å². The average molecular weight is 170 g/mol. The van der Waals surface area contributed by atoms with Gasteiger partial charge < -0.3 is 10.4 Å². The van der Waals surface area contributed by atoms with E-state index in [0.717, 1.165) is 0 Å². The molecule has 0 rings (SSSR count). The minimum atomic E-state index is -2.19. The van der Waals surface area contributed by atoms with Crippen LogP contribution in [0.1, 0.15) is 6.92 Å². The number of hydrogen-bond donors (Lipinski definition) is 2. The highest BCUT2D eigenvalue weighted by Gasteiger charge is 2.28. The van der Waals surface area contributed by atoms with Crippen molar-refractivity contribution in [3.63, 3.8) is 0 Å². The fraction of sp³-hybridized carbons (Fsp3) is 0.857. The third-order valence-electron chi connectivity index (χ3n) is 1.54. The molecule has 0 bridgehead atoms. The first-order chi connectivity index (χ1) is 5.58. The molecule has 0 amide bonds. The van der Waals surface area contributed by atoms with Gasteiger partial charge in [-0.05, 0) is 6.04 Å². The average Bonchev–Trinajstić information content (AvgIpc) is 2.13. The summed E-state index contributed by atoms with van der Waals surface area (Å²) in [6.07, 6.45) is 0.368. The van der Waals surface area contributed by atoms with E-state index in [1.165, 1.54) is 6.07 Å². The van der Waals surface area contributed by atoms with Gasteiger partial charge in [0, 0.05) is 6.54 Å². The highest BCUT2D eigenvalue weighted by Crippen LogP contribution is 2.07. The van der Waals surface area contributed by atoms with Crippen LogP contribution in [0.5, 0.6) is 0 Å². The summed E-state index contributed by atoms with van der Waals surface area (Å²) in [6.45, 7) is 0.779. The normalized spacial score (nSPS) is 17.8. The summed E-state index contributed by atoms with van der Waals surface area (Å²) in [4.78, 5) is 0. The van der Waals surface area contributed by atoms with Crippen molar-refractivity contribution in [2.75, 3.05) is 13.2 Å². The van der Waals surface area contributed by atoms with Crippen LogP contribution >= 0.6 is 0 Å². The molecule has 5 heteroatoms. The number of hydrogen-bond acceptors (Lipinski definition) is 3. The number of rotatable bonds is 5. The molecule has 0 spiro atoms. The summed E-state index contributed by atoms with van der Waals surface area (Å²) in [5, 5.41) is 19.5. The maximum atomic E-state index is 13.0. The van der Waals surface area contributed by atoms with Crippen LogP contribution in [0, 0.1) is 11.3 Å². The maximum absolute atomic E-state index is 13.0. The predicted octanol–water partition coefficient (Wildman–Crippen LogP) is -0.225. The molecule has 66 valence electrons. The number of nitriles is 1. The zero-order chi connectivity index (χ0) is 9.61. The highest BCUT2D eigenvalue weighted by atomic mass is 19.1. The summed E-state index contributed by atoms with van der Waals surface area (Å²) in [5.41, 5.74) is -2.19. The van der Waals surface area contributed by atoms with Gasteiger partial charge in [0.1, 0.15) is 6.07 Å². The SMILES string of the molecule is [B]CC(C)NCC(F)(C#N)CO. The zero-order valence-electron chi connectivity index (χ0n) is 7.05. The van der Waals surface area contributed by atoms with Crippen LogP contribution in [0.4, 0.5) is 4.39 Å². The van der Waals surface area contributed by atoms with Crippen molar-refractivity contribution in [1.82, 2.24) is 5.32 Å². The lowest BCUT2D eigenvalue weighted by molar-refractivity contribution is 0.117. The van der Waals surface area contributed by atoms with Crippen molar-refractivity contribution in [2.24, 2.45) is 0 Å². The van der Waals surface area contributed by atoms with Gasteiger partial charge in [-0.3, -0.25) is 0 Å². The van der Waals surface area contributed by atoms with Gasteiger partial charge in [0.05, 0.1) is 14.5 Å². The Morgan fingerprint density at radius 1 is 1.83 bits per heavy atom. The second-order valence-electron chi connectivity index (χ2n) is 2.75. The third kappa shape index (κ3) is 3.70. The van der Waals surface area contributed by atoms with Crippen molar-refractivity contribution < 1.29 is 9.50 Å². The number of aliphatic hydroxyl groups excluding tert-OH is 1. The molecule has 0 saturated heterocycles. The van der Waals surface area contributed by atoms with Gasteiger partial charge in [0.15, 0.2) is 0 Å². The van der Waals surface area contributed by atoms with Crippen LogP contribution in [-0.4, -0.2) is 37.8 Å². The fourth-order valence-electron chi connectivity index (χ4n) is 0.550. The largest absolute Gasteiger partial charge is 0.392 e. The molecule has 0 aliphatic carbocycles. The first kappa shape index (κ1) is 11.4. The van der Waals surface area contributed by atoms with Crippen LogP contribution in [0.2, 0.25) is 6.32 Å². The maximum Gasteiger partial charge on any atom is 0.231 e. The van der Waals surface area contributed by atoms with Crippen molar-refractivity contribution in [2.45, 2.75) is 25.0 Å². The Kier molecular flexibility index (Phi) is 4.87. The number of nitrogens with zero attached hydrogens (tertiary/aromatic N) is 1. The van der Waals surface area contributed by atoms with E-state index in [4.69, 9.17) is 18.2 Å². The standard InChI is InChI=1S/C7H12BFN2O/c1-6(2-8)11-4-7(9,3-10)5-12/h6,11-12H,2,4-5H2,1H3. The molecule has 0 aliphatic rings. The molecule has 0 fully saturated rings. The molecule has 2 atom stereocenters. The van der Waals surface area contributed by atoms with E-state index in [-0.39, 0.29) is 12.6 Å². The highest BCUT2D eigenvalue weighted by molar-refractivity contribution is 6.08. The van der Waals surface area contributed by atoms with E-state index in [1.807, 2.05) is 0 Å². The van der Waals surface area contributed by atoms with Gasteiger partial charge in [-0.1, -0.05) is 13.2 Å². The Bertz CT molecular complexity index is 173.